The van der Waals surface area contributed by atoms with Crippen LogP contribution in [-0.4, -0.2) is 22.1 Å². The lowest BCUT2D eigenvalue weighted by molar-refractivity contribution is 0.363. The van der Waals surface area contributed by atoms with Gasteiger partial charge in [-0.05, 0) is 26.3 Å². The van der Waals surface area contributed by atoms with Gasteiger partial charge in [0.05, 0.1) is 12.0 Å². The molecule has 0 radical (unpaired) electrons. The highest BCUT2D eigenvalue weighted by molar-refractivity contribution is 5.03. The second-order valence-electron chi connectivity index (χ2n) is 4.48. The number of nitrogens with one attached hydrogen (secondary N) is 1. The Morgan fingerprint density at radius 2 is 2.50 bits per heavy atom. The number of aromatic nitrogens is 2. The number of imidazole rings is 1. The molecule has 1 fully saturated rings. The highest BCUT2D eigenvalue weighted by atomic mass is 15.1. The molecule has 0 amide bonds. The monoisotopic (exact) mass is 219 g/mol. The minimum Gasteiger partial charge on any atom is -0.336 e. The van der Waals surface area contributed by atoms with Gasteiger partial charge in [0.15, 0.2) is 0 Å². The van der Waals surface area contributed by atoms with Gasteiger partial charge >= 0.3 is 0 Å². The van der Waals surface area contributed by atoms with E-state index >= 15 is 0 Å². The maximum atomic E-state index is 4.40. The van der Waals surface area contributed by atoms with E-state index in [4.69, 9.17) is 0 Å². The minimum atomic E-state index is 0.637. The summed E-state index contributed by atoms with van der Waals surface area (Å²) < 4.78 is 2.21. The van der Waals surface area contributed by atoms with Crippen molar-refractivity contribution in [3.63, 3.8) is 0 Å². The zero-order valence-electron chi connectivity index (χ0n) is 10.0. The first-order chi connectivity index (χ1) is 7.88. The molecule has 0 unspecified atom stereocenters. The quantitative estimate of drug-likeness (QED) is 0.786. The molecule has 1 N–H and O–H groups in total. The Kier molecular flexibility index (Phi) is 4.17. The van der Waals surface area contributed by atoms with Gasteiger partial charge in [-0.2, -0.15) is 0 Å². The molecule has 0 aliphatic carbocycles. The lowest BCUT2D eigenvalue weighted by Crippen LogP contribution is -2.37. The minimum absolute atomic E-state index is 0.637. The van der Waals surface area contributed by atoms with Crippen molar-refractivity contribution in [1.82, 2.24) is 14.9 Å². The van der Waals surface area contributed by atoms with E-state index in [0.717, 1.165) is 18.7 Å². The van der Waals surface area contributed by atoms with Gasteiger partial charge in [-0.3, -0.25) is 0 Å². The van der Waals surface area contributed by atoms with Crippen molar-refractivity contribution in [3.05, 3.63) is 30.4 Å². The first-order valence-electron chi connectivity index (χ1n) is 6.23. The molecule has 2 rings (SSSR count). The Labute approximate surface area is 97.6 Å². The van der Waals surface area contributed by atoms with Crippen LogP contribution in [0.3, 0.4) is 0 Å². The van der Waals surface area contributed by atoms with Crippen LogP contribution in [0.5, 0.6) is 0 Å². The molecule has 0 bridgehead atoms. The number of hydrogen-bond acceptors (Lipinski definition) is 2. The summed E-state index contributed by atoms with van der Waals surface area (Å²) in [6, 6.07) is 0.637. The third kappa shape index (κ3) is 3.20. The summed E-state index contributed by atoms with van der Waals surface area (Å²) in [5.74, 6) is 0. The van der Waals surface area contributed by atoms with Crippen molar-refractivity contribution < 1.29 is 0 Å². The van der Waals surface area contributed by atoms with Crippen LogP contribution >= 0.6 is 0 Å². The van der Waals surface area contributed by atoms with Gasteiger partial charge < -0.3 is 9.88 Å². The summed E-state index contributed by atoms with van der Waals surface area (Å²) in [7, 11) is 0. The van der Waals surface area contributed by atoms with Gasteiger partial charge in [0.25, 0.3) is 0 Å². The summed E-state index contributed by atoms with van der Waals surface area (Å²) in [4.78, 5) is 4.40. The summed E-state index contributed by atoms with van der Waals surface area (Å²) in [6.45, 7) is 4.27. The molecule has 1 saturated heterocycles. The van der Waals surface area contributed by atoms with Crippen molar-refractivity contribution in [2.24, 2.45) is 0 Å². The molecule has 1 aromatic heterocycles. The summed E-state index contributed by atoms with van der Waals surface area (Å²) in [5, 5.41) is 3.56. The van der Waals surface area contributed by atoms with Crippen molar-refractivity contribution >= 4 is 0 Å². The van der Waals surface area contributed by atoms with Gasteiger partial charge in [0.2, 0.25) is 0 Å². The van der Waals surface area contributed by atoms with Crippen LogP contribution in [-0.2, 0) is 13.0 Å². The van der Waals surface area contributed by atoms with Crippen LogP contribution in [0.25, 0.3) is 0 Å². The summed E-state index contributed by atoms with van der Waals surface area (Å²) >= 11 is 0. The third-order valence-corrected chi connectivity index (χ3v) is 3.09. The average molecular weight is 219 g/mol. The normalized spacial score (nSPS) is 21.7. The fourth-order valence-electron chi connectivity index (χ4n) is 2.18. The molecule has 2 heterocycles. The van der Waals surface area contributed by atoms with Crippen LogP contribution in [0.15, 0.2) is 24.7 Å². The van der Waals surface area contributed by atoms with Gasteiger partial charge in [-0.15, -0.1) is 0 Å². The van der Waals surface area contributed by atoms with Gasteiger partial charge in [0.1, 0.15) is 0 Å². The van der Waals surface area contributed by atoms with E-state index in [-0.39, 0.29) is 0 Å². The number of allylic oxidation sites excluding steroid dienone is 2. The predicted molar refractivity (Wildman–Crippen MR) is 66.4 cm³/mol. The Morgan fingerprint density at radius 3 is 3.25 bits per heavy atom. The number of hydrogen-bond donors (Lipinski definition) is 1. The molecule has 1 atom stereocenters. The van der Waals surface area contributed by atoms with Crippen molar-refractivity contribution in [2.75, 3.05) is 6.54 Å². The van der Waals surface area contributed by atoms with E-state index < -0.39 is 0 Å². The molecule has 0 spiro atoms. The molecule has 0 aromatic carbocycles. The fraction of sp³-hybridized carbons (Fsp3) is 0.615. The summed E-state index contributed by atoms with van der Waals surface area (Å²) in [6.07, 6.45) is 13.3. The Balaban J connectivity index is 1.86. The maximum absolute atomic E-state index is 4.40. The van der Waals surface area contributed by atoms with Crippen LogP contribution in [0.4, 0.5) is 0 Å². The van der Waals surface area contributed by atoms with Gasteiger partial charge in [-0.25, -0.2) is 4.98 Å². The molecule has 1 aliphatic rings. The zero-order chi connectivity index (χ0) is 11.2. The predicted octanol–water partition coefficient (Wildman–Crippen LogP) is 2.14. The van der Waals surface area contributed by atoms with Gasteiger partial charge in [-0.1, -0.05) is 18.6 Å². The highest BCUT2D eigenvalue weighted by Crippen LogP contribution is 2.09. The van der Waals surface area contributed by atoms with E-state index in [1.54, 1.807) is 0 Å². The first-order valence-corrected chi connectivity index (χ1v) is 6.23. The first kappa shape index (κ1) is 11.4. The molecule has 3 nitrogen and oxygen atoms in total. The Morgan fingerprint density at radius 1 is 1.56 bits per heavy atom. The molecular formula is C13H21N3. The maximum Gasteiger partial charge on any atom is 0.0950 e. The lowest BCUT2D eigenvalue weighted by atomic mass is 10.1. The van der Waals surface area contributed by atoms with Crippen LogP contribution in [0, 0.1) is 0 Å². The summed E-state index contributed by atoms with van der Waals surface area (Å²) in [5.41, 5.74) is 1.16. The van der Waals surface area contributed by atoms with E-state index in [1.807, 2.05) is 13.3 Å². The van der Waals surface area contributed by atoms with Gasteiger partial charge in [0, 0.05) is 25.2 Å². The molecule has 1 aliphatic heterocycles. The number of piperidine rings is 1. The Bertz CT molecular complexity index is 335. The van der Waals surface area contributed by atoms with Crippen LogP contribution in [0.1, 0.15) is 31.9 Å². The standard InChI is InChI=1S/C13H21N3/c1-2-3-6-13-10-16(11-15-13)9-12-7-4-5-8-14-12/h2-3,10-12,14H,4-9H2,1H3/b3-2-/t12-/m0/s1. The zero-order valence-corrected chi connectivity index (χ0v) is 10.0. The SMILES string of the molecule is C/C=C\Cc1cn(C[C@@H]2CCCCN2)cn1. The smallest absolute Gasteiger partial charge is 0.0950 e. The molecule has 1 aromatic rings. The average Bonchev–Trinajstić information content (AvgIpc) is 2.75. The number of rotatable bonds is 4. The molecule has 3 heteroatoms. The Hall–Kier alpha value is -1.09. The van der Waals surface area contributed by atoms with Crippen LogP contribution in [0.2, 0.25) is 0 Å². The van der Waals surface area contributed by atoms with E-state index in [1.165, 1.54) is 25.8 Å². The fourth-order valence-corrected chi connectivity index (χ4v) is 2.18. The molecule has 88 valence electrons. The second kappa shape index (κ2) is 5.85. The highest BCUT2D eigenvalue weighted by Gasteiger charge is 2.12. The molecule has 16 heavy (non-hydrogen) atoms. The third-order valence-electron chi connectivity index (χ3n) is 3.09. The second-order valence-corrected chi connectivity index (χ2v) is 4.48. The van der Waals surface area contributed by atoms with E-state index in [9.17, 15) is 0 Å². The van der Waals surface area contributed by atoms with E-state index in [0.29, 0.717) is 6.04 Å². The molecule has 0 saturated carbocycles. The van der Waals surface area contributed by atoms with E-state index in [2.05, 4.69) is 33.2 Å². The van der Waals surface area contributed by atoms with Crippen molar-refractivity contribution in [1.29, 1.82) is 0 Å². The number of nitrogens with zero attached hydrogens (tertiary/aromatic N) is 2. The topological polar surface area (TPSA) is 29.9 Å². The molecular weight excluding hydrogens is 198 g/mol. The van der Waals surface area contributed by atoms with Crippen molar-refractivity contribution in [2.45, 2.75) is 45.2 Å². The van der Waals surface area contributed by atoms with Crippen molar-refractivity contribution in [3.8, 4) is 0 Å². The lowest BCUT2D eigenvalue weighted by Gasteiger charge is -2.23. The van der Waals surface area contributed by atoms with Crippen LogP contribution < -0.4 is 5.32 Å². The largest absolute Gasteiger partial charge is 0.336 e.